The molecule has 0 radical (unpaired) electrons. The van der Waals surface area contributed by atoms with Gasteiger partial charge in [-0.15, -0.1) is 0 Å². The molecule has 134 valence electrons. The first-order valence-corrected chi connectivity index (χ1v) is 10.3. The average molecular weight is 313 g/mol. The number of quaternary nitrogens is 1. The first-order chi connectivity index (χ1) is 10.5. The third-order valence-corrected chi connectivity index (χ3v) is 5.13. The minimum absolute atomic E-state index is 0.876. The fourth-order valence-electron chi connectivity index (χ4n) is 3.42. The summed E-state index contributed by atoms with van der Waals surface area (Å²) in [4.78, 5) is 0. The smallest absolute Gasteiger partial charge is 0.0884 e. The Morgan fingerprint density at radius 3 is 1.18 bits per heavy atom. The van der Waals surface area contributed by atoms with E-state index in [4.69, 9.17) is 0 Å². The molecular formula is C21H46N+. The highest BCUT2D eigenvalue weighted by Gasteiger charge is 2.22. The predicted molar refractivity (Wildman–Crippen MR) is 102 cm³/mol. The number of nitrogens with zero attached hydrogens (tertiary/aromatic N) is 1. The van der Waals surface area contributed by atoms with E-state index in [9.17, 15) is 0 Å². The van der Waals surface area contributed by atoms with Gasteiger partial charge in [-0.25, -0.2) is 0 Å². The second kappa shape index (κ2) is 14.5. The monoisotopic (exact) mass is 312 g/mol. The molecule has 0 aromatic rings. The molecule has 0 heterocycles. The Morgan fingerprint density at radius 2 is 0.818 bits per heavy atom. The molecule has 1 nitrogen and oxygen atoms in total. The summed E-state index contributed by atoms with van der Waals surface area (Å²) in [5, 5.41) is 0. The summed E-state index contributed by atoms with van der Waals surface area (Å²) in [5.74, 6) is 0. The molecular weight excluding hydrogens is 266 g/mol. The quantitative estimate of drug-likeness (QED) is 0.213. The van der Waals surface area contributed by atoms with Gasteiger partial charge in [0.2, 0.25) is 0 Å². The lowest BCUT2D eigenvalue weighted by atomic mass is 9.98. The van der Waals surface area contributed by atoms with Crippen molar-refractivity contribution in [3.63, 3.8) is 0 Å². The lowest BCUT2D eigenvalue weighted by Crippen LogP contribution is -2.45. The zero-order valence-electron chi connectivity index (χ0n) is 16.6. The standard InChI is InChI=1S/C21H46N/c1-6-8-10-12-13-14-15-16-18-20-21(22(3,4)5)19-17-11-9-7-2/h21H,6-20H2,1-5H3/q+1. The molecule has 0 N–H and O–H groups in total. The molecule has 22 heavy (non-hydrogen) atoms. The molecule has 0 bridgehead atoms. The third-order valence-electron chi connectivity index (χ3n) is 5.13. The molecule has 0 saturated heterocycles. The second-order valence-electron chi connectivity index (χ2n) is 8.24. The SMILES string of the molecule is CCCCCCCCCCCC(CCCCCC)[N+](C)(C)C. The summed E-state index contributed by atoms with van der Waals surface area (Å²) in [6.07, 6.45) is 21.5. The molecule has 0 aliphatic heterocycles. The van der Waals surface area contributed by atoms with Crippen LogP contribution in [-0.4, -0.2) is 31.7 Å². The Morgan fingerprint density at radius 1 is 0.500 bits per heavy atom. The number of hydrogen-bond acceptors (Lipinski definition) is 0. The first kappa shape index (κ1) is 22.0. The molecule has 1 unspecified atom stereocenters. The van der Waals surface area contributed by atoms with Crippen LogP contribution >= 0.6 is 0 Å². The van der Waals surface area contributed by atoms with Crippen LogP contribution in [0.3, 0.4) is 0 Å². The molecule has 0 aromatic heterocycles. The van der Waals surface area contributed by atoms with E-state index in [1.54, 1.807) is 0 Å². The van der Waals surface area contributed by atoms with Crippen molar-refractivity contribution >= 4 is 0 Å². The Hall–Kier alpha value is -0.0400. The lowest BCUT2D eigenvalue weighted by molar-refractivity contribution is -0.896. The van der Waals surface area contributed by atoms with Crippen molar-refractivity contribution in [2.75, 3.05) is 21.1 Å². The maximum Gasteiger partial charge on any atom is 0.0884 e. The topological polar surface area (TPSA) is 0 Å². The van der Waals surface area contributed by atoms with Crippen molar-refractivity contribution in [3.05, 3.63) is 0 Å². The van der Waals surface area contributed by atoms with Gasteiger partial charge in [-0.2, -0.15) is 0 Å². The summed E-state index contributed by atoms with van der Waals surface area (Å²) in [6.45, 7) is 4.60. The van der Waals surface area contributed by atoms with Gasteiger partial charge < -0.3 is 4.48 Å². The molecule has 0 rings (SSSR count). The summed E-state index contributed by atoms with van der Waals surface area (Å²) in [5.41, 5.74) is 0. The van der Waals surface area contributed by atoms with Crippen LogP contribution in [0.1, 0.15) is 110 Å². The largest absolute Gasteiger partial charge is 0.328 e. The molecule has 0 aliphatic rings. The molecule has 1 atom stereocenters. The highest BCUT2D eigenvalue weighted by Crippen LogP contribution is 2.20. The highest BCUT2D eigenvalue weighted by atomic mass is 15.3. The van der Waals surface area contributed by atoms with E-state index in [0.717, 1.165) is 10.5 Å². The summed E-state index contributed by atoms with van der Waals surface area (Å²) >= 11 is 0. The molecule has 0 saturated carbocycles. The van der Waals surface area contributed by atoms with E-state index in [-0.39, 0.29) is 0 Å². The molecule has 0 fully saturated rings. The van der Waals surface area contributed by atoms with E-state index in [2.05, 4.69) is 35.0 Å². The van der Waals surface area contributed by atoms with Gasteiger partial charge in [-0.3, -0.25) is 0 Å². The van der Waals surface area contributed by atoms with Crippen LogP contribution in [0.25, 0.3) is 0 Å². The number of rotatable bonds is 16. The Bertz CT molecular complexity index is 216. The average Bonchev–Trinajstić information content (AvgIpc) is 2.46. The van der Waals surface area contributed by atoms with Crippen molar-refractivity contribution in [3.8, 4) is 0 Å². The van der Waals surface area contributed by atoms with E-state index >= 15 is 0 Å². The van der Waals surface area contributed by atoms with Gasteiger partial charge in [0.1, 0.15) is 0 Å². The van der Waals surface area contributed by atoms with Crippen molar-refractivity contribution in [2.24, 2.45) is 0 Å². The van der Waals surface area contributed by atoms with Gasteiger partial charge >= 0.3 is 0 Å². The molecule has 0 spiro atoms. The van der Waals surface area contributed by atoms with Crippen LogP contribution in [0, 0.1) is 0 Å². The van der Waals surface area contributed by atoms with Gasteiger partial charge in [0.05, 0.1) is 27.2 Å². The minimum Gasteiger partial charge on any atom is -0.328 e. The van der Waals surface area contributed by atoms with Gasteiger partial charge in [-0.05, 0) is 25.7 Å². The van der Waals surface area contributed by atoms with Crippen LogP contribution in [0.5, 0.6) is 0 Å². The van der Waals surface area contributed by atoms with E-state index in [0.29, 0.717) is 0 Å². The van der Waals surface area contributed by atoms with Crippen molar-refractivity contribution < 1.29 is 4.48 Å². The van der Waals surface area contributed by atoms with Gasteiger partial charge in [0.15, 0.2) is 0 Å². The van der Waals surface area contributed by atoms with Crippen molar-refractivity contribution in [1.82, 2.24) is 0 Å². The normalized spacial score (nSPS) is 13.5. The fourth-order valence-corrected chi connectivity index (χ4v) is 3.42. The maximum atomic E-state index is 2.39. The van der Waals surface area contributed by atoms with Gasteiger partial charge in [-0.1, -0.05) is 84.5 Å². The Kier molecular flexibility index (Phi) is 14.5. The zero-order valence-corrected chi connectivity index (χ0v) is 16.6. The molecule has 0 amide bonds. The Labute approximate surface area is 142 Å². The summed E-state index contributed by atoms with van der Waals surface area (Å²) in [7, 11) is 7.16. The van der Waals surface area contributed by atoms with Crippen LogP contribution in [-0.2, 0) is 0 Å². The van der Waals surface area contributed by atoms with E-state index in [1.807, 2.05) is 0 Å². The van der Waals surface area contributed by atoms with Crippen LogP contribution < -0.4 is 0 Å². The lowest BCUT2D eigenvalue weighted by Gasteiger charge is -2.34. The number of hydrogen-bond donors (Lipinski definition) is 0. The van der Waals surface area contributed by atoms with Crippen LogP contribution in [0.15, 0.2) is 0 Å². The first-order valence-electron chi connectivity index (χ1n) is 10.3. The molecule has 0 aliphatic carbocycles. The third kappa shape index (κ3) is 13.6. The second-order valence-corrected chi connectivity index (χ2v) is 8.24. The minimum atomic E-state index is 0.876. The predicted octanol–water partition coefficient (Wildman–Crippen LogP) is 6.95. The molecule has 0 aromatic carbocycles. The molecule has 1 heteroatoms. The summed E-state index contributed by atoms with van der Waals surface area (Å²) in [6, 6.07) is 0.876. The van der Waals surface area contributed by atoms with Crippen LogP contribution in [0.4, 0.5) is 0 Å². The summed E-state index contributed by atoms with van der Waals surface area (Å²) < 4.78 is 1.16. The zero-order chi connectivity index (χ0) is 16.7. The van der Waals surface area contributed by atoms with Gasteiger partial charge in [0, 0.05) is 0 Å². The van der Waals surface area contributed by atoms with Gasteiger partial charge in [0.25, 0.3) is 0 Å². The maximum absolute atomic E-state index is 2.39. The fraction of sp³-hybridized carbons (Fsp3) is 1.00. The van der Waals surface area contributed by atoms with E-state index < -0.39 is 0 Å². The van der Waals surface area contributed by atoms with Crippen molar-refractivity contribution in [2.45, 2.75) is 116 Å². The highest BCUT2D eigenvalue weighted by molar-refractivity contribution is 4.60. The number of unbranched alkanes of at least 4 members (excludes halogenated alkanes) is 11. The Balaban J connectivity index is 3.63. The van der Waals surface area contributed by atoms with E-state index in [1.165, 1.54) is 96.3 Å². The van der Waals surface area contributed by atoms with Crippen molar-refractivity contribution in [1.29, 1.82) is 0 Å². The van der Waals surface area contributed by atoms with Crippen LogP contribution in [0.2, 0.25) is 0 Å².